The maximum absolute atomic E-state index is 6.13. The highest BCUT2D eigenvalue weighted by Gasteiger charge is 2.16. The Morgan fingerprint density at radius 2 is 2.18 bits per heavy atom. The van der Waals surface area contributed by atoms with Crippen LogP contribution in [0.25, 0.3) is 0 Å². The molecule has 0 radical (unpaired) electrons. The molecule has 0 amide bonds. The molecule has 1 heterocycles. The molecule has 0 unspecified atom stereocenters. The number of rotatable bonds is 0. The van der Waals surface area contributed by atoms with Gasteiger partial charge in [0.1, 0.15) is 0 Å². The lowest BCUT2D eigenvalue weighted by molar-refractivity contribution is 0.854. The second kappa shape index (κ2) is 3.08. The normalized spacial score (nSPS) is 22.8. The van der Waals surface area contributed by atoms with E-state index in [1.807, 2.05) is 11.8 Å². The molecule has 0 bridgehead atoms. The van der Waals surface area contributed by atoms with E-state index in [4.69, 9.17) is 11.6 Å². The van der Waals surface area contributed by atoms with Crippen LogP contribution in [0.1, 0.15) is 17.4 Å². The Hall–Kier alpha value is -0.140. The predicted molar refractivity (Wildman–Crippen MR) is 50.4 cm³/mol. The van der Waals surface area contributed by atoms with E-state index in [1.54, 1.807) is 0 Å². The van der Waals surface area contributed by atoms with E-state index in [9.17, 15) is 0 Å². The number of thioether (sulfide) groups is 1. The zero-order chi connectivity index (χ0) is 7.68. The van der Waals surface area contributed by atoms with Crippen molar-refractivity contribution in [2.24, 2.45) is 0 Å². The molecule has 0 N–H and O–H groups in total. The van der Waals surface area contributed by atoms with E-state index in [-0.39, 0.29) is 5.38 Å². The number of fused-ring (bicyclic) bond motifs is 1. The summed E-state index contributed by atoms with van der Waals surface area (Å²) in [5.74, 6) is 1.16. The lowest BCUT2D eigenvalue weighted by Crippen LogP contribution is -2.00. The summed E-state index contributed by atoms with van der Waals surface area (Å²) >= 11 is 8.04. The van der Waals surface area contributed by atoms with Gasteiger partial charge in [0.05, 0.1) is 5.38 Å². The molecule has 0 spiro atoms. The molecule has 0 fully saturated rings. The van der Waals surface area contributed by atoms with Crippen molar-refractivity contribution in [2.45, 2.75) is 16.7 Å². The van der Waals surface area contributed by atoms with Crippen molar-refractivity contribution < 1.29 is 0 Å². The average molecular weight is 185 g/mol. The van der Waals surface area contributed by atoms with Gasteiger partial charge >= 0.3 is 0 Å². The van der Waals surface area contributed by atoms with Crippen LogP contribution in [0, 0.1) is 0 Å². The fourth-order valence-electron chi connectivity index (χ4n) is 1.30. The van der Waals surface area contributed by atoms with Crippen molar-refractivity contribution in [3.63, 3.8) is 0 Å². The Labute approximate surface area is 75.9 Å². The van der Waals surface area contributed by atoms with Crippen molar-refractivity contribution >= 4 is 23.4 Å². The maximum Gasteiger partial charge on any atom is 0.0604 e. The Morgan fingerprint density at radius 1 is 1.36 bits per heavy atom. The molecule has 0 saturated heterocycles. The summed E-state index contributed by atoms with van der Waals surface area (Å²) in [4.78, 5) is 1.36. The molecule has 2 heteroatoms. The summed E-state index contributed by atoms with van der Waals surface area (Å²) in [5, 5.41) is 0.243. The summed E-state index contributed by atoms with van der Waals surface area (Å²) < 4.78 is 0. The van der Waals surface area contributed by atoms with Gasteiger partial charge in [0.15, 0.2) is 0 Å². The van der Waals surface area contributed by atoms with E-state index in [0.29, 0.717) is 0 Å². The van der Waals surface area contributed by atoms with Crippen LogP contribution in [0.3, 0.4) is 0 Å². The molecule has 1 aliphatic heterocycles. The standard InChI is InChI=1S/C9H9ClS/c10-8-5-6-11-9-4-2-1-3-7(8)9/h1-4,8H,5-6H2/t8-/m0/s1. The predicted octanol–water partition coefficient (Wildman–Crippen LogP) is 3.46. The Morgan fingerprint density at radius 3 is 3.00 bits per heavy atom. The van der Waals surface area contributed by atoms with Crippen LogP contribution in [-0.2, 0) is 0 Å². The fraction of sp³-hybridized carbons (Fsp3) is 0.333. The highest BCUT2D eigenvalue weighted by molar-refractivity contribution is 7.99. The van der Waals surface area contributed by atoms with Crippen LogP contribution in [0.5, 0.6) is 0 Å². The third kappa shape index (κ3) is 1.40. The minimum absolute atomic E-state index is 0.243. The van der Waals surface area contributed by atoms with Gasteiger partial charge in [-0.05, 0) is 23.8 Å². The van der Waals surface area contributed by atoms with Gasteiger partial charge in [-0.25, -0.2) is 0 Å². The van der Waals surface area contributed by atoms with E-state index in [0.717, 1.165) is 12.2 Å². The molecule has 1 aromatic carbocycles. The highest BCUT2D eigenvalue weighted by Crippen LogP contribution is 2.39. The molecule has 1 aromatic rings. The largest absolute Gasteiger partial charge is 0.126 e. The number of hydrogen-bond acceptors (Lipinski definition) is 1. The van der Waals surface area contributed by atoms with E-state index >= 15 is 0 Å². The lowest BCUT2D eigenvalue weighted by atomic mass is 10.1. The number of hydrogen-bond donors (Lipinski definition) is 0. The van der Waals surface area contributed by atoms with Gasteiger partial charge in [0, 0.05) is 4.90 Å². The Balaban J connectivity index is 2.44. The van der Waals surface area contributed by atoms with Crippen molar-refractivity contribution in [3.05, 3.63) is 29.8 Å². The van der Waals surface area contributed by atoms with Crippen molar-refractivity contribution in [3.8, 4) is 0 Å². The molecule has 2 rings (SSSR count). The Kier molecular flexibility index (Phi) is 2.10. The zero-order valence-electron chi connectivity index (χ0n) is 6.09. The van der Waals surface area contributed by atoms with Crippen LogP contribution in [0.15, 0.2) is 29.2 Å². The SMILES string of the molecule is Cl[C@H]1CCSc2ccccc21. The van der Waals surface area contributed by atoms with Crippen molar-refractivity contribution in [1.82, 2.24) is 0 Å². The molecule has 0 nitrogen and oxygen atoms in total. The van der Waals surface area contributed by atoms with Crippen LogP contribution in [0.2, 0.25) is 0 Å². The Bertz CT molecular complexity index is 259. The van der Waals surface area contributed by atoms with Crippen LogP contribution < -0.4 is 0 Å². The first-order valence-corrected chi connectivity index (χ1v) is 5.16. The molecular formula is C9H9ClS. The summed E-state index contributed by atoms with van der Waals surface area (Å²) in [6.07, 6.45) is 1.10. The van der Waals surface area contributed by atoms with Gasteiger partial charge in [-0.15, -0.1) is 23.4 Å². The number of halogens is 1. The van der Waals surface area contributed by atoms with Gasteiger partial charge in [-0.1, -0.05) is 18.2 Å². The first kappa shape index (κ1) is 7.51. The molecule has 0 aromatic heterocycles. The highest BCUT2D eigenvalue weighted by atomic mass is 35.5. The van der Waals surface area contributed by atoms with E-state index in [1.165, 1.54) is 10.5 Å². The van der Waals surface area contributed by atoms with Crippen LogP contribution in [0.4, 0.5) is 0 Å². The zero-order valence-corrected chi connectivity index (χ0v) is 7.66. The number of alkyl halides is 1. The molecule has 0 saturated carbocycles. The smallest absolute Gasteiger partial charge is 0.0604 e. The minimum atomic E-state index is 0.243. The quantitative estimate of drug-likeness (QED) is 0.557. The van der Waals surface area contributed by atoms with E-state index in [2.05, 4.69) is 24.3 Å². The van der Waals surface area contributed by atoms with Gasteiger partial charge < -0.3 is 0 Å². The summed E-state index contributed by atoms with van der Waals surface area (Å²) in [7, 11) is 0. The maximum atomic E-state index is 6.13. The monoisotopic (exact) mass is 184 g/mol. The van der Waals surface area contributed by atoms with E-state index < -0.39 is 0 Å². The second-order valence-corrected chi connectivity index (χ2v) is 4.31. The van der Waals surface area contributed by atoms with Crippen molar-refractivity contribution in [1.29, 1.82) is 0 Å². The van der Waals surface area contributed by atoms with Crippen molar-refractivity contribution in [2.75, 3.05) is 5.75 Å². The third-order valence-electron chi connectivity index (χ3n) is 1.89. The lowest BCUT2D eigenvalue weighted by Gasteiger charge is -2.19. The second-order valence-electron chi connectivity index (χ2n) is 2.64. The molecule has 11 heavy (non-hydrogen) atoms. The summed E-state index contributed by atoms with van der Waals surface area (Å²) in [6.45, 7) is 0. The topological polar surface area (TPSA) is 0 Å². The third-order valence-corrected chi connectivity index (χ3v) is 3.46. The fourth-order valence-corrected chi connectivity index (χ4v) is 2.92. The first-order chi connectivity index (χ1) is 5.38. The molecule has 1 aliphatic rings. The molecular weight excluding hydrogens is 176 g/mol. The van der Waals surface area contributed by atoms with Gasteiger partial charge in [-0.3, -0.25) is 0 Å². The van der Waals surface area contributed by atoms with Crippen LogP contribution >= 0.6 is 23.4 Å². The summed E-state index contributed by atoms with van der Waals surface area (Å²) in [5.41, 5.74) is 1.31. The minimum Gasteiger partial charge on any atom is -0.126 e. The molecule has 58 valence electrons. The average Bonchev–Trinajstić information content (AvgIpc) is 2.06. The molecule has 1 atom stereocenters. The molecule has 0 aliphatic carbocycles. The van der Waals surface area contributed by atoms with Gasteiger partial charge in [-0.2, -0.15) is 0 Å². The first-order valence-electron chi connectivity index (χ1n) is 3.74. The van der Waals surface area contributed by atoms with Gasteiger partial charge in [0.2, 0.25) is 0 Å². The number of benzene rings is 1. The van der Waals surface area contributed by atoms with Gasteiger partial charge in [0.25, 0.3) is 0 Å². The van der Waals surface area contributed by atoms with Crippen LogP contribution in [-0.4, -0.2) is 5.75 Å². The summed E-state index contributed by atoms with van der Waals surface area (Å²) in [6, 6.07) is 8.40.